The zero-order valence-corrected chi connectivity index (χ0v) is 12.1. The van der Waals surface area contributed by atoms with E-state index in [2.05, 4.69) is 15.5 Å². The monoisotopic (exact) mass is 338 g/mol. The Morgan fingerprint density at radius 3 is 2.43 bits per heavy atom. The molecule has 0 atom stereocenters. The van der Waals surface area contributed by atoms with Gasteiger partial charge in [-0.1, -0.05) is 0 Å². The van der Waals surface area contributed by atoms with Crippen LogP contribution in [0.3, 0.4) is 0 Å². The molecule has 0 N–H and O–H groups in total. The van der Waals surface area contributed by atoms with E-state index in [-0.39, 0.29) is 5.75 Å². The summed E-state index contributed by atoms with van der Waals surface area (Å²) < 4.78 is 56.9. The van der Waals surface area contributed by atoms with E-state index in [1.165, 1.54) is 35.3 Å². The third kappa shape index (κ3) is 3.16. The van der Waals surface area contributed by atoms with E-state index in [4.69, 9.17) is 4.18 Å². The van der Waals surface area contributed by atoms with Gasteiger partial charge in [0.1, 0.15) is 28.6 Å². The van der Waals surface area contributed by atoms with Gasteiger partial charge in [-0.05, 0) is 52.9 Å². The van der Waals surface area contributed by atoms with Gasteiger partial charge in [-0.3, -0.25) is 0 Å². The van der Waals surface area contributed by atoms with Crippen molar-refractivity contribution in [2.75, 3.05) is 0 Å². The van der Waals surface area contributed by atoms with Crippen molar-refractivity contribution in [3.63, 3.8) is 0 Å². The van der Waals surface area contributed by atoms with Crippen LogP contribution in [-0.2, 0) is 10.1 Å². The van der Waals surface area contributed by atoms with Gasteiger partial charge in [0.15, 0.2) is 0 Å². The molecule has 1 aromatic heterocycles. The van der Waals surface area contributed by atoms with Crippen molar-refractivity contribution in [2.45, 2.75) is 4.90 Å². The van der Waals surface area contributed by atoms with E-state index in [0.717, 1.165) is 6.07 Å². The zero-order valence-electron chi connectivity index (χ0n) is 11.3. The highest BCUT2D eigenvalue weighted by molar-refractivity contribution is 7.87. The predicted molar refractivity (Wildman–Crippen MR) is 73.3 cm³/mol. The van der Waals surface area contributed by atoms with Crippen molar-refractivity contribution in [1.29, 1.82) is 0 Å². The lowest BCUT2D eigenvalue weighted by molar-refractivity contribution is 0.473. The third-order valence-corrected chi connectivity index (χ3v) is 4.08. The molecule has 0 amide bonds. The highest BCUT2D eigenvalue weighted by Gasteiger charge is 2.22. The Balaban J connectivity index is 1.87. The highest BCUT2D eigenvalue weighted by Crippen LogP contribution is 2.22. The average molecular weight is 338 g/mol. The molecule has 0 saturated heterocycles. The van der Waals surface area contributed by atoms with Crippen LogP contribution in [0.15, 0.2) is 53.7 Å². The molecule has 0 fully saturated rings. The molecule has 0 aliphatic heterocycles. The Kier molecular flexibility index (Phi) is 3.74. The second-order valence-electron chi connectivity index (χ2n) is 4.36. The first-order chi connectivity index (χ1) is 11.0. The van der Waals surface area contributed by atoms with Gasteiger partial charge < -0.3 is 4.18 Å². The number of benzene rings is 2. The summed E-state index contributed by atoms with van der Waals surface area (Å²) in [6.45, 7) is 0. The summed E-state index contributed by atoms with van der Waals surface area (Å²) in [5.41, 5.74) is 0.566. The molecule has 0 saturated carbocycles. The largest absolute Gasteiger partial charge is 0.379 e. The smallest absolute Gasteiger partial charge is 0.342 e. The molecule has 1 heterocycles. The predicted octanol–water partition coefficient (Wildman–Crippen LogP) is 1.71. The van der Waals surface area contributed by atoms with Crippen LogP contribution in [-0.4, -0.2) is 28.6 Å². The van der Waals surface area contributed by atoms with Gasteiger partial charge in [-0.2, -0.15) is 8.42 Å². The van der Waals surface area contributed by atoms with E-state index in [1.54, 1.807) is 0 Å². The summed E-state index contributed by atoms with van der Waals surface area (Å²) in [7, 11) is -4.50. The van der Waals surface area contributed by atoms with Gasteiger partial charge in [0.25, 0.3) is 0 Å². The molecule has 7 nitrogen and oxygen atoms in total. The minimum Gasteiger partial charge on any atom is -0.379 e. The third-order valence-electron chi connectivity index (χ3n) is 2.82. The summed E-state index contributed by atoms with van der Waals surface area (Å²) >= 11 is 0. The van der Waals surface area contributed by atoms with Crippen molar-refractivity contribution in [1.82, 2.24) is 20.2 Å². The summed E-state index contributed by atoms with van der Waals surface area (Å²) in [4.78, 5) is -0.873. The summed E-state index contributed by atoms with van der Waals surface area (Å²) in [6, 6.07) is 7.77. The van der Waals surface area contributed by atoms with Crippen molar-refractivity contribution >= 4 is 10.1 Å². The van der Waals surface area contributed by atoms with Crippen molar-refractivity contribution in [3.05, 3.63) is 60.4 Å². The minimum absolute atomic E-state index is 0.0644. The number of nitrogens with zero attached hydrogens (tertiary/aromatic N) is 4. The maximum absolute atomic E-state index is 13.6. The molecular weight excluding hydrogens is 330 g/mol. The lowest BCUT2D eigenvalue weighted by atomic mass is 10.3. The normalized spacial score (nSPS) is 11.4. The first-order valence-electron chi connectivity index (χ1n) is 6.19. The lowest BCUT2D eigenvalue weighted by Crippen LogP contribution is -2.12. The molecular formula is C13H8F2N4O3S. The molecule has 0 unspecified atom stereocenters. The van der Waals surface area contributed by atoms with Gasteiger partial charge >= 0.3 is 10.1 Å². The average Bonchev–Trinajstić information content (AvgIpc) is 3.04. The Labute approximate surface area is 129 Å². The second-order valence-corrected chi connectivity index (χ2v) is 5.88. The Morgan fingerprint density at radius 2 is 1.78 bits per heavy atom. The second kappa shape index (κ2) is 5.72. The number of hydrogen-bond donors (Lipinski definition) is 0. The van der Waals surface area contributed by atoms with E-state index < -0.39 is 26.6 Å². The van der Waals surface area contributed by atoms with Crippen LogP contribution in [0.4, 0.5) is 8.78 Å². The standard InChI is InChI=1S/C13H8F2N4O3S/c14-9-1-6-12(15)13(7-9)23(20,21)22-11-4-2-10(3-5-11)19-8-16-17-18-19/h1-8H. The summed E-state index contributed by atoms with van der Waals surface area (Å²) in [5, 5.41) is 10.6. The molecule has 2 aromatic carbocycles. The van der Waals surface area contributed by atoms with Crippen LogP contribution in [0.5, 0.6) is 5.75 Å². The summed E-state index contributed by atoms with van der Waals surface area (Å²) in [6.07, 6.45) is 1.36. The summed E-state index contributed by atoms with van der Waals surface area (Å²) in [5.74, 6) is -2.05. The Hall–Kier alpha value is -2.88. The number of rotatable bonds is 4. The van der Waals surface area contributed by atoms with Crippen LogP contribution in [0.25, 0.3) is 5.69 Å². The fraction of sp³-hybridized carbons (Fsp3) is 0. The number of tetrazole rings is 1. The Bertz CT molecular complexity index is 928. The van der Waals surface area contributed by atoms with Crippen molar-refractivity contribution in [2.24, 2.45) is 0 Å². The van der Waals surface area contributed by atoms with Gasteiger partial charge in [0, 0.05) is 0 Å². The molecule has 0 radical (unpaired) electrons. The lowest BCUT2D eigenvalue weighted by Gasteiger charge is -2.08. The molecule has 118 valence electrons. The van der Waals surface area contributed by atoms with Gasteiger partial charge in [0.2, 0.25) is 0 Å². The van der Waals surface area contributed by atoms with Crippen molar-refractivity contribution < 1.29 is 21.4 Å². The van der Waals surface area contributed by atoms with Crippen LogP contribution < -0.4 is 4.18 Å². The van der Waals surface area contributed by atoms with E-state index in [0.29, 0.717) is 17.8 Å². The zero-order chi connectivity index (χ0) is 16.4. The van der Waals surface area contributed by atoms with Crippen LogP contribution in [0.1, 0.15) is 0 Å². The van der Waals surface area contributed by atoms with E-state index in [9.17, 15) is 17.2 Å². The van der Waals surface area contributed by atoms with Crippen LogP contribution in [0, 0.1) is 11.6 Å². The van der Waals surface area contributed by atoms with E-state index >= 15 is 0 Å². The molecule has 3 aromatic rings. The number of aromatic nitrogens is 4. The SMILES string of the molecule is O=S(=O)(Oc1ccc(-n2cnnn2)cc1)c1cc(F)ccc1F. The first-order valence-corrected chi connectivity index (χ1v) is 7.59. The maximum Gasteiger partial charge on any atom is 0.342 e. The van der Waals surface area contributed by atoms with Crippen molar-refractivity contribution in [3.8, 4) is 11.4 Å². The van der Waals surface area contributed by atoms with Crippen LogP contribution >= 0.6 is 0 Å². The first kappa shape index (κ1) is 15.0. The number of hydrogen-bond acceptors (Lipinski definition) is 6. The number of halogens is 2. The quantitative estimate of drug-likeness (QED) is 0.673. The molecule has 3 rings (SSSR count). The minimum atomic E-state index is -4.50. The molecule has 0 bridgehead atoms. The fourth-order valence-electron chi connectivity index (χ4n) is 1.77. The van der Waals surface area contributed by atoms with Crippen LogP contribution in [0.2, 0.25) is 0 Å². The topological polar surface area (TPSA) is 87.0 Å². The van der Waals surface area contributed by atoms with Gasteiger partial charge in [-0.15, -0.1) is 5.10 Å². The van der Waals surface area contributed by atoms with Gasteiger partial charge in [0.05, 0.1) is 5.69 Å². The maximum atomic E-state index is 13.6. The molecule has 0 aliphatic carbocycles. The Morgan fingerprint density at radius 1 is 1.04 bits per heavy atom. The van der Waals surface area contributed by atoms with Gasteiger partial charge in [-0.25, -0.2) is 13.5 Å². The highest BCUT2D eigenvalue weighted by atomic mass is 32.2. The molecule has 0 aliphatic rings. The molecule has 10 heteroatoms. The van der Waals surface area contributed by atoms with E-state index in [1.807, 2.05) is 0 Å². The fourth-order valence-corrected chi connectivity index (χ4v) is 2.79. The molecule has 23 heavy (non-hydrogen) atoms. The molecule has 0 spiro atoms.